The van der Waals surface area contributed by atoms with Crippen molar-refractivity contribution in [3.8, 4) is 0 Å². The van der Waals surface area contributed by atoms with Gasteiger partial charge < -0.3 is 5.11 Å². The quantitative estimate of drug-likeness (QED) is 0.723. The van der Waals surface area contributed by atoms with Gasteiger partial charge in [-0.25, -0.2) is 0 Å². The summed E-state index contributed by atoms with van der Waals surface area (Å²) in [5, 5.41) is 8.85. The van der Waals surface area contributed by atoms with Gasteiger partial charge >= 0.3 is 5.97 Å². The molecule has 1 rings (SSSR count). The number of carboxylic acid groups (broad SMARTS) is 1. The molecule has 0 saturated carbocycles. The molecule has 0 radical (unpaired) electrons. The van der Waals surface area contributed by atoms with Crippen LogP contribution in [0.5, 0.6) is 0 Å². The number of hydrogen-bond donors (Lipinski definition) is 1. The monoisotopic (exact) mass is 185 g/mol. The predicted octanol–water partition coefficient (Wildman–Crippen LogP) is 1.44. The van der Waals surface area contributed by atoms with Crippen molar-refractivity contribution in [1.29, 1.82) is 0 Å². The molecule has 1 aliphatic rings. The maximum Gasteiger partial charge on any atom is 0.307 e. The minimum atomic E-state index is -0.688. The highest BCUT2D eigenvalue weighted by atomic mass is 16.4. The molecule has 1 fully saturated rings. The summed E-state index contributed by atoms with van der Waals surface area (Å²) in [7, 11) is 0. The number of rotatable bonds is 3. The third-order valence-corrected chi connectivity index (χ3v) is 3.14. The predicted molar refractivity (Wildman–Crippen MR) is 51.6 cm³/mol. The van der Waals surface area contributed by atoms with Gasteiger partial charge in [-0.05, 0) is 25.8 Å². The largest absolute Gasteiger partial charge is 0.481 e. The van der Waals surface area contributed by atoms with Crippen molar-refractivity contribution in [3.05, 3.63) is 0 Å². The summed E-state index contributed by atoms with van der Waals surface area (Å²) in [5.41, 5.74) is 0. The second-order valence-corrected chi connectivity index (χ2v) is 4.26. The highest BCUT2D eigenvalue weighted by molar-refractivity contribution is 5.70. The molecule has 0 bridgehead atoms. The van der Waals surface area contributed by atoms with Crippen molar-refractivity contribution in [3.63, 3.8) is 0 Å². The van der Waals surface area contributed by atoms with Crippen molar-refractivity contribution in [1.82, 2.24) is 4.90 Å². The molecule has 3 nitrogen and oxygen atoms in total. The fourth-order valence-corrected chi connectivity index (χ4v) is 1.86. The van der Waals surface area contributed by atoms with Gasteiger partial charge in [-0.2, -0.15) is 0 Å². The summed E-state index contributed by atoms with van der Waals surface area (Å²) in [6.45, 7) is 8.13. The Balaban J connectivity index is 2.47. The summed E-state index contributed by atoms with van der Waals surface area (Å²) in [5.74, 6) is -0.221. The van der Waals surface area contributed by atoms with Gasteiger partial charge in [-0.3, -0.25) is 9.69 Å². The molecule has 76 valence electrons. The van der Waals surface area contributed by atoms with Gasteiger partial charge in [0.05, 0.1) is 5.92 Å². The lowest BCUT2D eigenvalue weighted by Crippen LogP contribution is -2.38. The molecule has 3 unspecified atom stereocenters. The molecule has 3 heteroatoms. The van der Waals surface area contributed by atoms with E-state index in [1.807, 2.05) is 6.92 Å². The zero-order valence-corrected chi connectivity index (χ0v) is 8.66. The van der Waals surface area contributed by atoms with Crippen LogP contribution >= 0.6 is 0 Å². The van der Waals surface area contributed by atoms with Crippen LogP contribution in [0.25, 0.3) is 0 Å². The first-order valence-corrected chi connectivity index (χ1v) is 4.99. The maximum atomic E-state index is 10.8. The second kappa shape index (κ2) is 4.09. The van der Waals surface area contributed by atoms with E-state index < -0.39 is 5.97 Å². The Morgan fingerprint density at radius 1 is 1.54 bits per heavy atom. The van der Waals surface area contributed by atoms with Gasteiger partial charge in [0.1, 0.15) is 0 Å². The first kappa shape index (κ1) is 10.5. The van der Waals surface area contributed by atoms with Crippen LogP contribution in [0.3, 0.4) is 0 Å². The van der Waals surface area contributed by atoms with Gasteiger partial charge in [0.25, 0.3) is 0 Å². The molecule has 1 saturated heterocycles. The van der Waals surface area contributed by atoms with Crippen LogP contribution in [0.2, 0.25) is 0 Å². The van der Waals surface area contributed by atoms with Gasteiger partial charge in [0.2, 0.25) is 0 Å². The first-order valence-electron chi connectivity index (χ1n) is 4.99. The van der Waals surface area contributed by atoms with Crippen LogP contribution in [-0.4, -0.2) is 35.1 Å². The Bertz CT molecular complexity index is 193. The molecular formula is C10H19NO2. The Morgan fingerprint density at radius 2 is 2.15 bits per heavy atom. The van der Waals surface area contributed by atoms with Gasteiger partial charge in [0, 0.05) is 12.6 Å². The average Bonchev–Trinajstić information content (AvgIpc) is 2.49. The van der Waals surface area contributed by atoms with E-state index in [0.717, 1.165) is 19.0 Å². The molecule has 1 N–H and O–H groups in total. The van der Waals surface area contributed by atoms with Crippen LogP contribution < -0.4 is 0 Å². The highest BCUT2D eigenvalue weighted by Crippen LogP contribution is 2.21. The molecule has 1 heterocycles. The number of likely N-dealkylation sites (tertiary alicyclic amines) is 1. The second-order valence-electron chi connectivity index (χ2n) is 4.26. The highest BCUT2D eigenvalue weighted by Gasteiger charge is 2.29. The SMILES string of the molecule is CC1CCN(C(C)C(C)C(=O)O)C1. The number of nitrogens with zero attached hydrogens (tertiary/aromatic N) is 1. The van der Waals surface area contributed by atoms with Crippen LogP contribution in [0.4, 0.5) is 0 Å². The summed E-state index contributed by atoms with van der Waals surface area (Å²) >= 11 is 0. The fourth-order valence-electron chi connectivity index (χ4n) is 1.86. The summed E-state index contributed by atoms with van der Waals surface area (Å²) in [4.78, 5) is 13.0. The van der Waals surface area contributed by atoms with E-state index in [9.17, 15) is 4.79 Å². The third-order valence-electron chi connectivity index (χ3n) is 3.14. The minimum absolute atomic E-state index is 0.169. The molecule has 0 aromatic rings. The van der Waals surface area contributed by atoms with Crippen molar-refractivity contribution >= 4 is 5.97 Å². The van der Waals surface area contributed by atoms with Crippen molar-refractivity contribution in [2.24, 2.45) is 11.8 Å². The molecule has 0 aromatic heterocycles. The van der Waals surface area contributed by atoms with Crippen LogP contribution in [-0.2, 0) is 4.79 Å². The average molecular weight is 185 g/mol. The van der Waals surface area contributed by atoms with Crippen molar-refractivity contribution < 1.29 is 9.90 Å². The molecule has 0 amide bonds. The molecule has 0 aromatic carbocycles. The van der Waals surface area contributed by atoms with E-state index in [0.29, 0.717) is 0 Å². The summed E-state index contributed by atoms with van der Waals surface area (Å²) in [6.07, 6.45) is 1.21. The number of carboxylic acids is 1. The lowest BCUT2D eigenvalue weighted by Gasteiger charge is -2.27. The molecule has 3 atom stereocenters. The lowest BCUT2D eigenvalue weighted by molar-refractivity contribution is -0.143. The van der Waals surface area contributed by atoms with Crippen LogP contribution in [0, 0.1) is 11.8 Å². The van der Waals surface area contributed by atoms with Crippen molar-refractivity contribution in [2.45, 2.75) is 33.2 Å². The van der Waals surface area contributed by atoms with Crippen LogP contribution in [0.15, 0.2) is 0 Å². The van der Waals surface area contributed by atoms with E-state index in [1.54, 1.807) is 6.92 Å². The number of carbonyl (C=O) groups is 1. The molecule has 13 heavy (non-hydrogen) atoms. The van der Waals surface area contributed by atoms with E-state index in [1.165, 1.54) is 6.42 Å². The number of aliphatic carboxylic acids is 1. The normalized spacial score (nSPS) is 28.7. The van der Waals surface area contributed by atoms with Gasteiger partial charge in [-0.1, -0.05) is 13.8 Å². The molecule has 0 spiro atoms. The lowest BCUT2D eigenvalue weighted by atomic mass is 10.0. The van der Waals surface area contributed by atoms with E-state index in [4.69, 9.17) is 5.11 Å². The smallest absolute Gasteiger partial charge is 0.307 e. The van der Waals surface area contributed by atoms with E-state index in [-0.39, 0.29) is 12.0 Å². The first-order chi connectivity index (χ1) is 6.02. The van der Waals surface area contributed by atoms with Gasteiger partial charge in [-0.15, -0.1) is 0 Å². The van der Waals surface area contributed by atoms with E-state index in [2.05, 4.69) is 11.8 Å². The number of hydrogen-bond acceptors (Lipinski definition) is 2. The van der Waals surface area contributed by atoms with Gasteiger partial charge in [0.15, 0.2) is 0 Å². The van der Waals surface area contributed by atoms with E-state index >= 15 is 0 Å². The Labute approximate surface area is 79.7 Å². The maximum absolute atomic E-state index is 10.8. The minimum Gasteiger partial charge on any atom is -0.481 e. The summed E-state index contributed by atoms with van der Waals surface area (Å²) < 4.78 is 0. The fraction of sp³-hybridized carbons (Fsp3) is 0.900. The Hall–Kier alpha value is -0.570. The molecule has 0 aliphatic carbocycles. The molecular weight excluding hydrogens is 166 g/mol. The zero-order chi connectivity index (χ0) is 10.0. The van der Waals surface area contributed by atoms with Crippen molar-refractivity contribution in [2.75, 3.05) is 13.1 Å². The zero-order valence-electron chi connectivity index (χ0n) is 8.66. The Kier molecular flexibility index (Phi) is 3.31. The Morgan fingerprint density at radius 3 is 2.54 bits per heavy atom. The summed E-state index contributed by atoms with van der Waals surface area (Å²) in [6, 6.07) is 0.169. The standard InChI is InChI=1S/C10H19NO2/c1-7-4-5-11(6-7)9(3)8(2)10(12)13/h7-9H,4-6H2,1-3H3,(H,12,13). The topological polar surface area (TPSA) is 40.5 Å². The van der Waals surface area contributed by atoms with Crippen LogP contribution in [0.1, 0.15) is 27.2 Å². The third kappa shape index (κ3) is 2.44. The molecule has 1 aliphatic heterocycles.